The SMILES string of the molecule is CC(C)(C)/C(N)=N/C(=N\S(=O)(=O)c1ccc(C(F)(F)F)cc1)N1C[C@H](c2ccccc2)C(c2ccc(Cl)cc2)=N1. The number of sulfonamides is 1. The zero-order valence-electron chi connectivity index (χ0n) is 21.9. The fourth-order valence-corrected chi connectivity index (χ4v) is 4.89. The Morgan fingerprint density at radius 2 is 1.57 bits per heavy atom. The molecule has 0 unspecified atom stereocenters. The zero-order chi connectivity index (χ0) is 29.3. The lowest BCUT2D eigenvalue weighted by atomic mass is 9.91. The molecule has 40 heavy (non-hydrogen) atoms. The third-order valence-electron chi connectivity index (χ3n) is 6.16. The van der Waals surface area contributed by atoms with Crippen LogP contribution in [-0.4, -0.2) is 37.5 Å². The van der Waals surface area contributed by atoms with Gasteiger partial charge in [0.15, 0.2) is 0 Å². The first-order chi connectivity index (χ1) is 18.6. The Labute approximate surface area is 236 Å². The standard InChI is InChI=1S/C28H27ClF3N5O2S/c1-27(2,3)25(33)34-26(36-40(38,39)22-15-11-20(12-16-22)28(30,31)32)37-17-23(18-7-5-4-6-8-18)24(35-37)19-9-13-21(29)14-10-19/h4-16,23H,17H2,1-3H3,(H2,33,34,36)/t23-/m1/s1. The highest BCUT2D eigenvalue weighted by Gasteiger charge is 2.34. The lowest BCUT2D eigenvalue weighted by Crippen LogP contribution is -2.33. The van der Waals surface area contributed by atoms with E-state index in [2.05, 4.69) is 9.39 Å². The first kappa shape index (κ1) is 29.3. The molecule has 0 saturated heterocycles. The van der Waals surface area contributed by atoms with E-state index in [-0.39, 0.29) is 24.3 Å². The Morgan fingerprint density at radius 3 is 2.12 bits per heavy atom. The summed E-state index contributed by atoms with van der Waals surface area (Å²) in [5, 5.41) is 6.60. The van der Waals surface area contributed by atoms with E-state index in [9.17, 15) is 21.6 Å². The number of guanidine groups is 1. The number of nitrogens with two attached hydrogens (primary N) is 1. The Balaban J connectivity index is 1.83. The van der Waals surface area contributed by atoms with Crippen molar-refractivity contribution in [1.29, 1.82) is 0 Å². The van der Waals surface area contributed by atoms with Crippen molar-refractivity contribution in [3.8, 4) is 0 Å². The van der Waals surface area contributed by atoms with Gasteiger partial charge in [-0.15, -0.1) is 4.40 Å². The first-order valence-corrected chi connectivity index (χ1v) is 14.0. The molecule has 210 valence electrons. The van der Waals surface area contributed by atoms with Gasteiger partial charge in [0, 0.05) is 16.4 Å². The minimum Gasteiger partial charge on any atom is -0.387 e. The summed E-state index contributed by atoms with van der Waals surface area (Å²) in [6.45, 7) is 5.58. The van der Waals surface area contributed by atoms with Gasteiger partial charge in [-0.3, -0.25) is 0 Å². The number of benzene rings is 3. The number of rotatable bonds is 4. The highest BCUT2D eigenvalue weighted by atomic mass is 35.5. The van der Waals surface area contributed by atoms with Crippen LogP contribution in [0.4, 0.5) is 13.2 Å². The van der Waals surface area contributed by atoms with Crippen molar-refractivity contribution in [3.05, 3.63) is 101 Å². The van der Waals surface area contributed by atoms with Gasteiger partial charge < -0.3 is 5.73 Å². The summed E-state index contributed by atoms with van der Waals surface area (Å²) >= 11 is 6.09. The highest BCUT2D eigenvalue weighted by molar-refractivity contribution is 7.90. The average molecular weight is 590 g/mol. The number of alkyl halides is 3. The van der Waals surface area contributed by atoms with Crippen LogP contribution in [-0.2, 0) is 16.2 Å². The first-order valence-electron chi connectivity index (χ1n) is 12.2. The molecular weight excluding hydrogens is 563 g/mol. The van der Waals surface area contributed by atoms with Gasteiger partial charge >= 0.3 is 6.18 Å². The van der Waals surface area contributed by atoms with Crippen molar-refractivity contribution in [2.45, 2.75) is 37.8 Å². The summed E-state index contributed by atoms with van der Waals surface area (Å²) in [6, 6.07) is 19.7. The number of aliphatic imine (C=N–C) groups is 1. The fourth-order valence-electron chi connectivity index (χ4n) is 3.83. The number of halogens is 4. The van der Waals surface area contributed by atoms with E-state index in [4.69, 9.17) is 22.4 Å². The summed E-state index contributed by atoms with van der Waals surface area (Å²) in [7, 11) is -4.49. The van der Waals surface area contributed by atoms with Gasteiger partial charge in [-0.2, -0.15) is 31.7 Å². The normalized spacial score (nSPS) is 17.2. The molecule has 0 aromatic heterocycles. The molecule has 0 aliphatic carbocycles. The van der Waals surface area contributed by atoms with Crippen molar-refractivity contribution in [2.75, 3.05) is 6.54 Å². The summed E-state index contributed by atoms with van der Waals surface area (Å²) in [6.07, 6.45) is -4.61. The highest BCUT2D eigenvalue weighted by Crippen LogP contribution is 2.32. The number of hydrazone groups is 1. The van der Waals surface area contributed by atoms with Crippen molar-refractivity contribution in [1.82, 2.24) is 5.01 Å². The Hall–Kier alpha value is -3.70. The van der Waals surface area contributed by atoms with Crippen LogP contribution < -0.4 is 5.73 Å². The van der Waals surface area contributed by atoms with E-state index in [1.165, 1.54) is 5.01 Å². The smallest absolute Gasteiger partial charge is 0.387 e. The Bertz CT molecular complexity index is 1560. The number of hydrogen-bond acceptors (Lipinski definition) is 3. The number of hydrogen-bond donors (Lipinski definition) is 1. The molecule has 1 heterocycles. The van der Waals surface area contributed by atoms with Crippen LogP contribution in [0.2, 0.25) is 5.02 Å². The number of nitrogens with zero attached hydrogens (tertiary/aromatic N) is 4. The summed E-state index contributed by atoms with van der Waals surface area (Å²) < 4.78 is 69.5. The minimum absolute atomic E-state index is 0.0975. The van der Waals surface area contributed by atoms with Crippen LogP contribution in [0.5, 0.6) is 0 Å². The van der Waals surface area contributed by atoms with Crippen LogP contribution in [0.1, 0.15) is 43.4 Å². The molecule has 1 aliphatic rings. The molecule has 0 amide bonds. The molecule has 3 aromatic carbocycles. The van der Waals surface area contributed by atoms with Gasteiger partial charge in [-0.25, -0.2) is 5.01 Å². The Morgan fingerprint density at radius 1 is 0.975 bits per heavy atom. The van der Waals surface area contributed by atoms with Crippen LogP contribution in [0, 0.1) is 5.41 Å². The van der Waals surface area contributed by atoms with E-state index in [0.717, 1.165) is 23.3 Å². The second-order valence-corrected chi connectivity index (χ2v) is 12.2. The minimum atomic E-state index is -4.61. The van der Waals surface area contributed by atoms with E-state index in [1.54, 1.807) is 32.9 Å². The van der Waals surface area contributed by atoms with Crippen molar-refractivity contribution >= 4 is 39.1 Å². The summed E-state index contributed by atoms with van der Waals surface area (Å²) in [5.41, 5.74) is 6.92. The second kappa shape index (κ2) is 11.1. The van der Waals surface area contributed by atoms with E-state index in [0.29, 0.717) is 22.9 Å². The molecule has 1 aliphatic heterocycles. The van der Waals surface area contributed by atoms with Gasteiger partial charge in [0.05, 0.1) is 22.7 Å². The van der Waals surface area contributed by atoms with Gasteiger partial charge in [-0.05, 0) is 47.5 Å². The molecule has 12 heteroatoms. The van der Waals surface area contributed by atoms with Gasteiger partial charge in [0.2, 0.25) is 0 Å². The van der Waals surface area contributed by atoms with Crippen molar-refractivity contribution < 1.29 is 21.6 Å². The summed E-state index contributed by atoms with van der Waals surface area (Å²) in [4.78, 5) is 3.92. The van der Waals surface area contributed by atoms with Gasteiger partial charge in [-0.1, -0.05) is 74.8 Å². The Kier molecular flexibility index (Phi) is 8.09. The van der Waals surface area contributed by atoms with Crippen LogP contribution in [0.15, 0.2) is 98.2 Å². The van der Waals surface area contributed by atoms with Crippen LogP contribution >= 0.6 is 11.6 Å². The third kappa shape index (κ3) is 6.71. The van der Waals surface area contributed by atoms with Gasteiger partial charge in [0.25, 0.3) is 16.0 Å². The number of amidine groups is 1. The fraction of sp³-hybridized carbons (Fsp3) is 0.250. The molecule has 0 saturated carbocycles. The topological polar surface area (TPSA) is 100 Å². The maximum absolute atomic E-state index is 13.3. The quantitative estimate of drug-likeness (QED) is 0.285. The van der Waals surface area contributed by atoms with Crippen molar-refractivity contribution in [2.24, 2.45) is 25.6 Å². The van der Waals surface area contributed by atoms with E-state index < -0.39 is 32.1 Å². The van der Waals surface area contributed by atoms with Crippen molar-refractivity contribution in [3.63, 3.8) is 0 Å². The molecule has 4 rings (SSSR count). The maximum Gasteiger partial charge on any atom is 0.416 e. The molecular formula is C28H27ClF3N5O2S. The van der Waals surface area contributed by atoms with Crippen LogP contribution in [0.25, 0.3) is 0 Å². The average Bonchev–Trinajstić information content (AvgIpc) is 3.34. The van der Waals surface area contributed by atoms with E-state index >= 15 is 0 Å². The summed E-state index contributed by atoms with van der Waals surface area (Å²) in [5.74, 6) is -0.495. The predicted octanol–water partition coefficient (Wildman–Crippen LogP) is 6.31. The van der Waals surface area contributed by atoms with Crippen LogP contribution in [0.3, 0.4) is 0 Å². The molecule has 1 atom stereocenters. The second-order valence-electron chi connectivity index (χ2n) is 10.2. The maximum atomic E-state index is 13.3. The lowest BCUT2D eigenvalue weighted by molar-refractivity contribution is -0.137. The molecule has 0 bridgehead atoms. The van der Waals surface area contributed by atoms with E-state index in [1.807, 2.05) is 42.5 Å². The molecule has 2 N–H and O–H groups in total. The molecule has 0 fully saturated rings. The molecule has 7 nitrogen and oxygen atoms in total. The molecule has 3 aromatic rings. The monoisotopic (exact) mass is 589 g/mol. The third-order valence-corrected chi connectivity index (χ3v) is 7.68. The predicted molar refractivity (Wildman–Crippen MR) is 151 cm³/mol. The largest absolute Gasteiger partial charge is 0.416 e. The molecule has 0 radical (unpaired) electrons. The lowest BCUT2D eigenvalue weighted by Gasteiger charge is -2.20. The zero-order valence-corrected chi connectivity index (χ0v) is 23.5. The van der Waals surface area contributed by atoms with Gasteiger partial charge in [0.1, 0.15) is 5.84 Å². The molecule has 0 spiro atoms.